The van der Waals surface area contributed by atoms with Crippen molar-refractivity contribution in [2.45, 2.75) is 32.4 Å². The number of pyridine rings is 1. The smallest absolute Gasteiger partial charge is 0.128 e. The number of anilines is 1. The van der Waals surface area contributed by atoms with Gasteiger partial charge in [-0.25, -0.2) is 4.98 Å². The van der Waals surface area contributed by atoms with Gasteiger partial charge in [0.2, 0.25) is 0 Å². The fourth-order valence-corrected chi connectivity index (χ4v) is 2.58. The highest BCUT2D eigenvalue weighted by Gasteiger charge is 2.22. The molecule has 0 aliphatic carbocycles. The molecule has 1 atom stereocenters. The van der Waals surface area contributed by atoms with Crippen molar-refractivity contribution in [3.8, 4) is 0 Å². The van der Waals surface area contributed by atoms with Crippen molar-refractivity contribution in [2.24, 2.45) is 0 Å². The van der Waals surface area contributed by atoms with E-state index in [1.54, 1.807) is 0 Å². The van der Waals surface area contributed by atoms with Gasteiger partial charge in [-0.3, -0.25) is 0 Å². The molecule has 1 aliphatic heterocycles. The Bertz CT molecular complexity index is 408. The molecule has 0 radical (unpaired) electrons. The zero-order chi connectivity index (χ0) is 13.1. The fraction of sp³-hybridized carbons (Fsp3) is 0.643. The van der Waals surface area contributed by atoms with Crippen molar-refractivity contribution >= 4 is 5.82 Å². The highest BCUT2D eigenvalue weighted by atomic mass is 16.3. The number of aromatic nitrogens is 1. The Balaban J connectivity index is 2.04. The number of hydrogen-bond donors (Lipinski definition) is 1. The van der Waals surface area contributed by atoms with Gasteiger partial charge in [-0.05, 0) is 45.0 Å². The molecule has 0 aromatic carbocycles. The largest absolute Gasteiger partial charge is 0.392 e. The lowest BCUT2D eigenvalue weighted by atomic mass is 10.2. The molecule has 1 fully saturated rings. The Hall–Kier alpha value is -1.13. The maximum atomic E-state index is 9.15. The van der Waals surface area contributed by atoms with Crippen LogP contribution in [0.1, 0.15) is 24.1 Å². The van der Waals surface area contributed by atoms with Crippen molar-refractivity contribution in [2.75, 3.05) is 32.1 Å². The van der Waals surface area contributed by atoms with E-state index in [1.165, 1.54) is 19.4 Å². The highest BCUT2D eigenvalue weighted by Crippen LogP contribution is 2.19. The first-order valence-corrected chi connectivity index (χ1v) is 6.60. The first-order chi connectivity index (χ1) is 8.61. The number of nitrogens with zero attached hydrogens (tertiary/aromatic N) is 3. The average molecular weight is 249 g/mol. The van der Waals surface area contributed by atoms with Gasteiger partial charge in [0.05, 0.1) is 6.61 Å². The molecule has 4 heteroatoms. The second-order valence-corrected chi connectivity index (χ2v) is 5.23. The van der Waals surface area contributed by atoms with Crippen molar-refractivity contribution in [3.05, 3.63) is 23.4 Å². The van der Waals surface area contributed by atoms with E-state index in [9.17, 15) is 0 Å². The molecule has 0 amide bonds. The van der Waals surface area contributed by atoms with Gasteiger partial charge in [-0.2, -0.15) is 0 Å². The molecule has 1 aromatic rings. The van der Waals surface area contributed by atoms with Gasteiger partial charge in [0.15, 0.2) is 0 Å². The van der Waals surface area contributed by atoms with E-state index < -0.39 is 0 Å². The third-order valence-electron chi connectivity index (χ3n) is 3.90. The lowest BCUT2D eigenvalue weighted by Crippen LogP contribution is -2.37. The minimum atomic E-state index is 0.0637. The van der Waals surface area contributed by atoms with Gasteiger partial charge in [0, 0.05) is 25.3 Å². The molecule has 1 aromatic heterocycles. The van der Waals surface area contributed by atoms with E-state index in [1.807, 2.05) is 19.1 Å². The average Bonchev–Trinajstić information content (AvgIpc) is 2.75. The van der Waals surface area contributed by atoms with Crippen LogP contribution in [0.5, 0.6) is 0 Å². The Morgan fingerprint density at radius 2 is 2.28 bits per heavy atom. The molecule has 18 heavy (non-hydrogen) atoms. The van der Waals surface area contributed by atoms with Gasteiger partial charge in [-0.1, -0.05) is 6.07 Å². The molecule has 2 rings (SSSR count). The van der Waals surface area contributed by atoms with Crippen molar-refractivity contribution in [3.63, 3.8) is 0 Å². The molecule has 1 unspecified atom stereocenters. The van der Waals surface area contributed by atoms with Crippen LogP contribution >= 0.6 is 0 Å². The summed E-state index contributed by atoms with van der Waals surface area (Å²) in [6.07, 6.45) is 2.57. The summed E-state index contributed by atoms with van der Waals surface area (Å²) in [5, 5.41) is 9.15. The molecule has 4 nitrogen and oxygen atoms in total. The molecule has 1 saturated heterocycles. The third-order valence-corrected chi connectivity index (χ3v) is 3.90. The monoisotopic (exact) mass is 249 g/mol. The van der Waals surface area contributed by atoms with Crippen LogP contribution in [0.2, 0.25) is 0 Å². The predicted octanol–water partition coefficient (Wildman–Crippen LogP) is 1.41. The van der Waals surface area contributed by atoms with Crippen LogP contribution in [0.15, 0.2) is 12.1 Å². The van der Waals surface area contributed by atoms with E-state index in [0.29, 0.717) is 6.04 Å². The van der Waals surface area contributed by atoms with Crippen LogP contribution in [0.4, 0.5) is 5.82 Å². The number of rotatable bonds is 4. The Labute approximate surface area is 109 Å². The summed E-state index contributed by atoms with van der Waals surface area (Å²) in [7, 11) is 4.28. The summed E-state index contributed by atoms with van der Waals surface area (Å²) in [5.74, 6) is 0.991. The molecule has 2 heterocycles. The summed E-state index contributed by atoms with van der Waals surface area (Å²) in [4.78, 5) is 9.19. The maximum absolute atomic E-state index is 9.15. The van der Waals surface area contributed by atoms with Gasteiger partial charge in [0.25, 0.3) is 0 Å². The standard InChI is InChI=1S/C14H23N3O/c1-11-12(10-18)6-7-14(15-11)17(3)9-13-5-4-8-16(13)2/h6-7,13,18H,4-5,8-10H2,1-3H3. The van der Waals surface area contributed by atoms with E-state index in [-0.39, 0.29) is 6.61 Å². The number of likely N-dealkylation sites (N-methyl/N-ethyl adjacent to an activating group) is 2. The summed E-state index contributed by atoms with van der Waals surface area (Å²) >= 11 is 0. The van der Waals surface area contributed by atoms with Crippen molar-refractivity contribution in [1.82, 2.24) is 9.88 Å². The summed E-state index contributed by atoms with van der Waals surface area (Å²) in [5.41, 5.74) is 1.83. The Morgan fingerprint density at radius 1 is 1.50 bits per heavy atom. The SMILES string of the molecule is Cc1nc(N(C)CC2CCCN2C)ccc1CO. The summed E-state index contributed by atoms with van der Waals surface area (Å²) in [6.45, 7) is 4.23. The predicted molar refractivity (Wildman–Crippen MR) is 73.8 cm³/mol. The second kappa shape index (κ2) is 5.67. The van der Waals surface area contributed by atoms with Crippen LogP contribution in [0, 0.1) is 6.92 Å². The Kier molecular flexibility index (Phi) is 4.19. The van der Waals surface area contributed by atoms with Crippen molar-refractivity contribution < 1.29 is 5.11 Å². The molecule has 0 saturated carbocycles. The summed E-state index contributed by atoms with van der Waals surface area (Å²) < 4.78 is 0. The molecule has 1 aliphatic rings. The summed E-state index contributed by atoms with van der Waals surface area (Å²) in [6, 6.07) is 4.59. The van der Waals surface area contributed by atoms with E-state index in [4.69, 9.17) is 5.11 Å². The zero-order valence-electron chi connectivity index (χ0n) is 11.6. The van der Waals surface area contributed by atoms with Gasteiger partial charge >= 0.3 is 0 Å². The minimum absolute atomic E-state index is 0.0637. The third kappa shape index (κ3) is 2.82. The molecular formula is C14H23N3O. The quantitative estimate of drug-likeness (QED) is 0.876. The topological polar surface area (TPSA) is 39.6 Å². The van der Waals surface area contributed by atoms with Gasteiger partial charge in [0.1, 0.15) is 5.82 Å². The van der Waals surface area contributed by atoms with E-state index in [0.717, 1.165) is 23.6 Å². The first-order valence-electron chi connectivity index (χ1n) is 6.60. The molecule has 0 bridgehead atoms. The second-order valence-electron chi connectivity index (χ2n) is 5.23. The minimum Gasteiger partial charge on any atom is -0.392 e. The van der Waals surface area contributed by atoms with Crippen LogP contribution < -0.4 is 4.90 Å². The number of aliphatic hydroxyl groups is 1. The van der Waals surface area contributed by atoms with Crippen LogP contribution in [-0.2, 0) is 6.61 Å². The van der Waals surface area contributed by atoms with Crippen LogP contribution in [-0.4, -0.2) is 48.2 Å². The maximum Gasteiger partial charge on any atom is 0.128 e. The molecular weight excluding hydrogens is 226 g/mol. The lowest BCUT2D eigenvalue weighted by molar-refractivity contribution is 0.280. The normalized spacial score (nSPS) is 20.3. The number of hydrogen-bond acceptors (Lipinski definition) is 4. The van der Waals surface area contributed by atoms with E-state index >= 15 is 0 Å². The molecule has 100 valence electrons. The highest BCUT2D eigenvalue weighted by molar-refractivity contribution is 5.41. The fourth-order valence-electron chi connectivity index (χ4n) is 2.58. The van der Waals surface area contributed by atoms with Gasteiger partial charge in [-0.15, -0.1) is 0 Å². The molecule has 1 N–H and O–H groups in total. The van der Waals surface area contributed by atoms with Crippen molar-refractivity contribution in [1.29, 1.82) is 0 Å². The first kappa shape index (κ1) is 13.3. The number of likely N-dealkylation sites (tertiary alicyclic amines) is 1. The number of aryl methyl sites for hydroxylation is 1. The molecule has 0 spiro atoms. The van der Waals surface area contributed by atoms with Crippen LogP contribution in [0.3, 0.4) is 0 Å². The van der Waals surface area contributed by atoms with E-state index in [2.05, 4.69) is 28.9 Å². The zero-order valence-corrected chi connectivity index (χ0v) is 11.6. The number of aliphatic hydroxyl groups excluding tert-OH is 1. The lowest BCUT2D eigenvalue weighted by Gasteiger charge is -2.27. The van der Waals surface area contributed by atoms with Crippen LogP contribution in [0.25, 0.3) is 0 Å². The van der Waals surface area contributed by atoms with Gasteiger partial charge < -0.3 is 14.9 Å². The Morgan fingerprint density at radius 3 is 2.83 bits per heavy atom.